The number of carbonyl (C=O) groups excluding carboxylic acids is 1. The maximum Gasteiger partial charge on any atom is 0.322 e. The van der Waals surface area contributed by atoms with Crippen molar-refractivity contribution in [1.29, 1.82) is 0 Å². The van der Waals surface area contributed by atoms with Crippen molar-refractivity contribution in [3.05, 3.63) is 90.4 Å². The van der Waals surface area contributed by atoms with E-state index in [9.17, 15) is 9.18 Å². The van der Waals surface area contributed by atoms with Crippen LogP contribution in [0.25, 0.3) is 10.9 Å². The molecule has 4 aromatic rings. The van der Waals surface area contributed by atoms with E-state index in [0.717, 1.165) is 51.3 Å². The lowest BCUT2D eigenvalue weighted by Crippen LogP contribution is -2.35. The van der Waals surface area contributed by atoms with E-state index in [-0.39, 0.29) is 17.9 Å². The van der Waals surface area contributed by atoms with Crippen LogP contribution in [-0.4, -0.2) is 41.9 Å². The fraction of sp³-hybridized carbons (Fsp3) is 0.267. The summed E-state index contributed by atoms with van der Waals surface area (Å²) in [6.45, 7) is 3.06. The third-order valence-electron chi connectivity index (χ3n) is 6.30. The highest BCUT2D eigenvalue weighted by molar-refractivity contribution is 7.98. The van der Waals surface area contributed by atoms with Crippen LogP contribution < -0.4 is 15.4 Å². The number of halogens is 1. The molecule has 1 atom stereocenters. The number of fused-ring (bicyclic) bond motifs is 1. The number of anilines is 2. The molecule has 0 saturated heterocycles. The van der Waals surface area contributed by atoms with E-state index in [1.165, 1.54) is 12.1 Å². The van der Waals surface area contributed by atoms with Gasteiger partial charge in [-0.2, -0.15) is 0 Å². The van der Waals surface area contributed by atoms with Crippen LogP contribution in [0, 0.1) is 5.82 Å². The van der Waals surface area contributed by atoms with Gasteiger partial charge in [0.2, 0.25) is 0 Å². The maximum absolute atomic E-state index is 13.4. The number of thioether (sulfide) groups is 1. The van der Waals surface area contributed by atoms with Crippen LogP contribution in [0.3, 0.4) is 0 Å². The summed E-state index contributed by atoms with van der Waals surface area (Å²) in [6, 6.07) is 21.9. The number of nitrogens with one attached hydrogen (secondary N) is 2. The van der Waals surface area contributed by atoms with E-state index < -0.39 is 0 Å². The van der Waals surface area contributed by atoms with Gasteiger partial charge in [0.05, 0.1) is 18.3 Å². The maximum atomic E-state index is 13.4. The largest absolute Gasteiger partial charge is 0.497 e. The summed E-state index contributed by atoms with van der Waals surface area (Å²) >= 11 is 1.65. The molecule has 8 heteroatoms. The van der Waals surface area contributed by atoms with Gasteiger partial charge in [-0.3, -0.25) is 4.98 Å². The molecular weight excluding hydrogens is 499 g/mol. The molecule has 4 rings (SSSR count). The number of carbonyl (C=O) groups is 1. The number of ether oxygens (including phenoxy) is 1. The van der Waals surface area contributed by atoms with Crippen molar-refractivity contribution >= 4 is 40.1 Å². The van der Waals surface area contributed by atoms with Crippen molar-refractivity contribution in [2.24, 2.45) is 0 Å². The Bertz CT molecular complexity index is 1350. The molecule has 0 bridgehead atoms. The summed E-state index contributed by atoms with van der Waals surface area (Å²) in [4.78, 5) is 20.7. The lowest BCUT2D eigenvalue weighted by Gasteiger charge is -2.25. The number of hydrogen-bond donors (Lipinski definition) is 2. The molecule has 0 saturated carbocycles. The Morgan fingerprint density at radius 3 is 2.58 bits per heavy atom. The lowest BCUT2D eigenvalue weighted by atomic mass is 10.1. The SMILES string of the molecule is COc1cc(NC(C)CCCN(Cc2ccc(F)cc2)C(=O)Nc2ccc(SC)cc2)c2ncccc2c1. The quantitative estimate of drug-likeness (QED) is 0.197. The smallest absolute Gasteiger partial charge is 0.322 e. The number of amides is 2. The third kappa shape index (κ3) is 7.38. The lowest BCUT2D eigenvalue weighted by molar-refractivity contribution is 0.207. The van der Waals surface area contributed by atoms with Gasteiger partial charge in [0.1, 0.15) is 11.6 Å². The minimum absolute atomic E-state index is 0.141. The van der Waals surface area contributed by atoms with Crippen LogP contribution in [0.2, 0.25) is 0 Å². The number of benzene rings is 3. The second-order valence-electron chi connectivity index (χ2n) is 9.14. The number of pyridine rings is 1. The third-order valence-corrected chi connectivity index (χ3v) is 7.04. The van der Waals surface area contributed by atoms with Gasteiger partial charge in [0, 0.05) is 47.4 Å². The second kappa shape index (κ2) is 13.1. The summed E-state index contributed by atoms with van der Waals surface area (Å²) in [5, 5.41) is 7.57. The van der Waals surface area contributed by atoms with Crippen molar-refractivity contribution in [2.75, 3.05) is 30.5 Å². The van der Waals surface area contributed by atoms with Gasteiger partial charge >= 0.3 is 6.03 Å². The molecule has 198 valence electrons. The zero-order valence-electron chi connectivity index (χ0n) is 21.9. The van der Waals surface area contributed by atoms with Gasteiger partial charge in [0.25, 0.3) is 0 Å². The Hall–Kier alpha value is -3.78. The molecule has 0 fully saturated rings. The Balaban J connectivity index is 1.41. The molecule has 2 N–H and O–H groups in total. The molecule has 2 amide bonds. The molecule has 1 aromatic heterocycles. The molecular formula is C30H33FN4O2S. The number of nitrogens with zero attached hydrogens (tertiary/aromatic N) is 2. The van der Waals surface area contributed by atoms with Gasteiger partial charge in [-0.1, -0.05) is 18.2 Å². The molecule has 38 heavy (non-hydrogen) atoms. The van der Waals surface area contributed by atoms with Crippen molar-refractivity contribution in [2.45, 2.75) is 37.2 Å². The van der Waals surface area contributed by atoms with Crippen molar-refractivity contribution in [3.8, 4) is 5.75 Å². The Morgan fingerprint density at radius 1 is 1.11 bits per heavy atom. The Kier molecular flexibility index (Phi) is 9.43. The first-order valence-electron chi connectivity index (χ1n) is 12.6. The van der Waals surface area contributed by atoms with Gasteiger partial charge in [-0.25, -0.2) is 9.18 Å². The van der Waals surface area contributed by atoms with Gasteiger partial charge in [-0.05, 0) is 80.1 Å². The number of hydrogen-bond acceptors (Lipinski definition) is 5. The highest BCUT2D eigenvalue weighted by atomic mass is 32.2. The van der Waals surface area contributed by atoms with E-state index in [4.69, 9.17) is 4.74 Å². The molecule has 3 aromatic carbocycles. The van der Waals surface area contributed by atoms with E-state index >= 15 is 0 Å². The van der Waals surface area contributed by atoms with Crippen LogP contribution in [0.1, 0.15) is 25.3 Å². The first-order valence-corrected chi connectivity index (χ1v) is 13.8. The minimum Gasteiger partial charge on any atom is -0.497 e. The first-order chi connectivity index (χ1) is 18.4. The van der Waals surface area contributed by atoms with Crippen LogP contribution in [0.5, 0.6) is 5.75 Å². The van der Waals surface area contributed by atoms with E-state index in [1.807, 2.05) is 54.8 Å². The molecule has 0 aliphatic heterocycles. The van der Waals surface area contributed by atoms with Crippen molar-refractivity contribution in [1.82, 2.24) is 9.88 Å². The number of urea groups is 1. The summed E-state index contributed by atoms with van der Waals surface area (Å²) in [5.41, 5.74) is 3.43. The Morgan fingerprint density at radius 2 is 1.87 bits per heavy atom. The van der Waals surface area contributed by atoms with Crippen molar-refractivity contribution in [3.63, 3.8) is 0 Å². The normalized spacial score (nSPS) is 11.7. The molecule has 0 spiro atoms. The number of aromatic nitrogens is 1. The highest BCUT2D eigenvalue weighted by Gasteiger charge is 2.16. The van der Waals surface area contributed by atoms with Crippen LogP contribution in [0.4, 0.5) is 20.6 Å². The fourth-order valence-electron chi connectivity index (χ4n) is 4.26. The van der Waals surface area contributed by atoms with E-state index in [0.29, 0.717) is 13.1 Å². The summed E-state index contributed by atoms with van der Waals surface area (Å²) in [7, 11) is 1.66. The van der Waals surface area contributed by atoms with Crippen LogP contribution in [0.15, 0.2) is 83.9 Å². The summed E-state index contributed by atoms with van der Waals surface area (Å²) in [5.74, 6) is 0.478. The van der Waals surface area contributed by atoms with E-state index in [2.05, 4.69) is 22.5 Å². The predicted octanol–water partition coefficient (Wildman–Crippen LogP) is 7.42. The summed E-state index contributed by atoms with van der Waals surface area (Å²) < 4.78 is 18.9. The first kappa shape index (κ1) is 27.3. The molecule has 1 heterocycles. The summed E-state index contributed by atoms with van der Waals surface area (Å²) in [6.07, 6.45) is 5.41. The average molecular weight is 533 g/mol. The number of methoxy groups -OCH3 is 1. The monoisotopic (exact) mass is 532 g/mol. The van der Waals surface area contributed by atoms with Crippen molar-refractivity contribution < 1.29 is 13.9 Å². The zero-order chi connectivity index (χ0) is 26.9. The van der Waals surface area contributed by atoms with Crippen LogP contribution in [-0.2, 0) is 6.54 Å². The second-order valence-corrected chi connectivity index (χ2v) is 10.0. The molecule has 0 aliphatic carbocycles. The molecule has 0 aliphatic rings. The highest BCUT2D eigenvalue weighted by Crippen LogP contribution is 2.28. The topological polar surface area (TPSA) is 66.5 Å². The van der Waals surface area contributed by atoms with Gasteiger partial charge in [0.15, 0.2) is 0 Å². The van der Waals surface area contributed by atoms with Gasteiger partial charge in [-0.15, -0.1) is 11.8 Å². The molecule has 6 nitrogen and oxygen atoms in total. The average Bonchev–Trinajstić information content (AvgIpc) is 2.93. The fourth-order valence-corrected chi connectivity index (χ4v) is 4.67. The Labute approximate surface area is 227 Å². The van der Waals surface area contributed by atoms with Crippen LogP contribution >= 0.6 is 11.8 Å². The number of rotatable bonds is 11. The minimum atomic E-state index is -0.293. The molecule has 0 radical (unpaired) electrons. The predicted molar refractivity (Wildman–Crippen MR) is 155 cm³/mol. The van der Waals surface area contributed by atoms with E-state index in [1.54, 1.807) is 42.1 Å². The zero-order valence-corrected chi connectivity index (χ0v) is 22.7. The standard InChI is InChI=1S/C30H33FN4O2S/c1-21(33-28-19-26(37-2)18-23-7-4-16-32-29(23)28)6-5-17-35(20-22-8-10-24(31)11-9-22)30(36)34-25-12-14-27(38-3)15-13-25/h4,7-16,18-19,21,33H,5-6,17,20H2,1-3H3,(H,34,36). The van der Waals surface area contributed by atoms with Gasteiger partial charge < -0.3 is 20.3 Å². The molecule has 1 unspecified atom stereocenters.